The minimum atomic E-state index is -0.841. The third-order valence-electron chi connectivity index (χ3n) is 2.19. The Balaban J connectivity index is 2.31. The molecule has 14 heavy (non-hydrogen) atoms. The van der Waals surface area contributed by atoms with Crippen molar-refractivity contribution >= 4 is 0 Å². The van der Waals surface area contributed by atoms with Gasteiger partial charge in [0.15, 0.2) is 11.5 Å². The Labute approximate surface area is 81.6 Å². The van der Waals surface area contributed by atoms with E-state index in [0.717, 1.165) is 12.0 Å². The van der Waals surface area contributed by atoms with Crippen LogP contribution in [0.2, 0.25) is 0 Å². The van der Waals surface area contributed by atoms with E-state index in [9.17, 15) is 4.39 Å². The SMILES string of the molecule is N[C@H]1COc2c(cccc2OCF)C1. The second-order valence-corrected chi connectivity index (χ2v) is 3.27. The molecule has 4 heteroatoms. The maximum atomic E-state index is 12.0. The second-order valence-electron chi connectivity index (χ2n) is 3.27. The molecule has 76 valence electrons. The van der Waals surface area contributed by atoms with Crippen LogP contribution in [-0.4, -0.2) is 19.5 Å². The van der Waals surface area contributed by atoms with Gasteiger partial charge in [-0.3, -0.25) is 0 Å². The fraction of sp³-hybridized carbons (Fsp3) is 0.400. The third kappa shape index (κ3) is 1.65. The summed E-state index contributed by atoms with van der Waals surface area (Å²) in [6, 6.07) is 5.43. The van der Waals surface area contributed by atoms with Crippen molar-refractivity contribution in [2.24, 2.45) is 5.73 Å². The van der Waals surface area contributed by atoms with Crippen LogP contribution in [0.5, 0.6) is 11.5 Å². The van der Waals surface area contributed by atoms with Gasteiger partial charge in [0.1, 0.15) is 6.61 Å². The van der Waals surface area contributed by atoms with E-state index in [-0.39, 0.29) is 6.04 Å². The molecule has 2 N–H and O–H groups in total. The monoisotopic (exact) mass is 197 g/mol. The lowest BCUT2D eigenvalue weighted by Gasteiger charge is -2.23. The molecule has 2 rings (SSSR count). The van der Waals surface area contributed by atoms with Crippen LogP contribution in [0.4, 0.5) is 4.39 Å². The van der Waals surface area contributed by atoms with E-state index in [1.54, 1.807) is 6.07 Å². The minimum Gasteiger partial charge on any atom is -0.488 e. The Bertz CT molecular complexity index is 316. The summed E-state index contributed by atoms with van der Waals surface area (Å²) in [6.45, 7) is -0.383. The molecule has 0 aliphatic carbocycles. The molecule has 0 amide bonds. The summed E-state index contributed by atoms with van der Waals surface area (Å²) in [5.41, 5.74) is 6.71. The Kier molecular flexibility index (Phi) is 2.54. The van der Waals surface area contributed by atoms with Gasteiger partial charge in [0.2, 0.25) is 6.86 Å². The van der Waals surface area contributed by atoms with Crippen LogP contribution < -0.4 is 15.2 Å². The van der Waals surface area contributed by atoms with Gasteiger partial charge in [-0.05, 0) is 18.1 Å². The molecule has 0 saturated carbocycles. The van der Waals surface area contributed by atoms with Gasteiger partial charge in [-0.15, -0.1) is 0 Å². The van der Waals surface area contributed by atoms with Gasteiger partial charge in [0.25, 0.3) is 0 Å². The Morgan fingerprint density at radius 2 is 2.43 bits per heavy atom. The van der Waals surface area contributed by atoms with Gasteiger partial charge in [-0.2, -0.15) is 0 Å². The number of halogens is 1. The molecule has 1 aromatic rings. The van der Waals surface area contributed by atoms with Gasteiger partial charge in [0.05, 0.1) is 0 Å². The molecule has 1 aliphatic heterocycles. The molecule has 1 atom stereocenters. The number of hydrogen-bond acceptors (Lipinski definition) is 3. The predicted octanol–water partition coefficient (Wildman–Crippen LogP) is 1.25. The fourth-order valence-electron chi connectivity index (χ4n) is 1.59. The van der Waals surface area contributed by atoms with Crippen molar-refractivity contribution in [3.63, 3.8) is 0 Å². The number of fused-ring (bicyclic) bond motifs is 1. The summed E-state index contributed by atoms with van der Waals surface area (Å²) in [5, 5.41) is 0. The van der Waals surface area contributed by atoms with Crippen LogP contribution in [0.1, 0.15) is 5.56 Å². The summed E-state index contributed by atoms with van der Waals surface area (Å²) >= 11 is 0. The Hall–Kier alpha value is -1.29. The number of benzene rings is 1. The molecule has 0 unspecified atom stereocenters. The van der Waals surface area contributed by atoms with E-state index in [1.807, 2.05) is 12.1 Å². The number of nitrogens with two attached hydrogens (primary N) is 1. The highest BCUT2D eigenvalue weighted by atomic mass is 19.1. The van der Waals surface area contributed by atoms with Crippen molar-refractivity contribution in [2.75, 3.05) is 13.5 Å². The Morgan fingerprint density at radius 3 is 3.21 bits per heavy atom. The quantitative estimate of drug-likeness (QED) is 0.776. The molecule has 1 heterocycles. The van der Waals surface area contributed by atoms with Gasteiger partial charge >= 0.3 is 0 Å². The molecule has 0 aromatic heterocycles. The standard InChI is InChI=1S/C10H12FNO2/c11-6-14-9-3-1-2-7-4-8(12)5-13-10(7)9/h1-3,8H,4-6,12H2/t8-/m1/s1. The van der Waals surface area contributed by atoms with E-state index in [1.165, 1.54) is 0 Å². The average molecular weight is 197 g/mol. The first-order chi connectivity index (χ1) is 6.81. The molecule has 3 nitrogen and oxygen atoms in total. The highest BCUT2D eigenvalue weighted by Gasteiger charge is 2.19. The normalized spacial score (nSPS) is 19.7. The van der Waals surface area contributed by atoms with Crippen molar-refractivity contribution in [3.8, 4) is 11.5 Å². The van der Waals surface area contributed by atoms with Crippen LogP contribution in [0.15, 0.2) is 18.2 Å². The molecule has 0 spiro atoms. The van der Waals surface area contributed by atoms with Gasteiger partial charge < -0.3 is 15.2 Å². The van der Waals surface area contributed by atoms with Crippen LogP contribution in [0, 0.1) is 0 Å². The smallest absolute Gasteiger partial charge is 0.228 e. The summed E-state index contributed by atoms with van der Waals surface area (Å²) in [6.07, 6.45) is 0.749. The molecular weight excluding hydrogens is 185 g/mol. The van der Waals surface area contributed by atoms with E-state index in [0.29, 0.717) is 18.1 Å². The molecule has 1 aromatic carbocycles. The zero-order valence-electron chi connectivity index (χ0n) is 7.70. The van der Waals surface area contributed by atoms with Crippen molar-refractivity contribution in [2.45, 2.75) is 12.5 Å². The van der Waals surface area contributed by atoms with Crippen molar-refractivity contribution in [1.82, 2.24) is 0 Å². The fourth-order valence-corrected chi connectivity index (χ4v) is 1.59. The van der Waals surface area contributed by atoms with Crippen LogP contribution >= 0.6 is 0 Å². The summed E-state index contributed by atoms with van der Waals surface area (Å²) in [4.78, 5) is 0. The summed E-state index contributed by atoms with van der Waals surface area (Å²) < 4.78 is 22.2. The summed E-state index contributed by atoms with van der Waals surface area (Å²) in [7, 11) is 0. The first-order valence-electron chi connectivity index (χ1n) is 4.50. The zero-order valence-corrected chi connectivity index (χ0v) is 7.70. The van der Waals surface area contributed by atoms with E-state index >= 15 is 0 Å². The molecule has 0 fully saturated rings. The lowest BCUT2D eigenvalue weighted by molar-refractivity contribution is 0.175. The average Bonchev–Trinajstić information content (AvgIpc) is 2.18. The predicted molar refractivity (Wildman–Crippen MR) is 50.2 cm³/mol. The molecule has 0 saturated heterocycles. The first kappa shape index (κ1) is 9.27. The van der Waals surface area contributed by atoms with Crippen LogP contribution in [0.3, 0.4) is 0 Å². The lowest BCUT2D eigenvalue weighted by atomic mass is 10.0. The highest BCUT2D eigenvalue weighted by molar-refractivity contribution is 5.48. The topological polar surface area (TPSA) is 44.5 Å². The first-order valence-corrected chi connectivity index (χ1v) is 4.50. The molecular formula is C10H12FNO2. The van der Waals surface area contributed by atoms with Gasteiger partial charge in [-0.25, -0.2) is 4.39 Å². The minimum absolute atomic E-state index is 0.0168. The molecule has 0 bridgehead atoms. The molecule has 0 radical (unpaired) electrons. The zero-order chi connectivity index (χ0) is 9.97. The number of alkyl halides is 1. The van der Waals surface area contributed by atoms with Gasteiger partial charge in [0, 0.05) is 6.04 Å². The Morgan fingerprint density at radius 1 is 1.57 bits per heavy atom. The van der Waals surface area contributed by atoms with Crippen molar-refractivity contribution in [1.29, 1.82) is 0 Å². The van der Waals surface area contributed by atoms with Crippen LogP contribution in [0.25, 0.3) is 0 Å². The second kappa shape index (κ2) is 3.84. The van der Waals surface area contributed by atoms with Crippen LogP contribution in [-0.2, 0) is 6.42 Å². The number of rotatable bonds is 2. The lowest BCUT2D eigenvalue weighted by Crippen LogP contribution is -2.33. The molecule has 1 aliphatic rings. The third-order valence-corrected chi connectivity index (χ3v) is 2.19. The largest absolute Gasteiger partial charge is 0.488 e. The highest BCUT2D eigenvalue weighted by Crippen LogP contribution is 2.34. The maximum Gasteiger partial charge on any atom is 0.228 e. The number of para-hydroxylation sites is 1. The van der Waals surface area contributed by atoms with E-state index in [4.69, 9.17) is 15.2 Å². The van der Waals surface area contributed by atoms with E-state index in [2.05, 4.69) is 0 Å². The van der Waals surface area contributed by atoms with Crippen molar-refractivity contribution < 1.29 is 13.9 Å². The van der Waals surface area contributed by atoms with E-state index < -0.39 is 6.86 Å². The maximum absolute atomic E-state index is 12.0. The van der Waals surface area contributed by atoms with Crippen molar-refractivity contribution in [3.05, 3.63) is 23.8 Å². The van der Waals surface area contributed by atoms with Gasteiger partial charge in [-0.1, -0.05) is 12.1 Å². The number of ether oxygens (including phenoxy) is 2. The summed E-state index contributed by atoms with van der Waals surface area (Å²) in [5.74, 6) is 1.09. The number of hydrogen-bond donors (Lipinski definition) is 1.